The summed E-state index contributed by atoms with van der Waals surface area (Å²) in [7, 11) is 0. The number of rotatable bonds is 0. The van der Waals surface area contributed by atoms with Gasteiger partial charge in [-0.1, -0.05) is 5.92 Å². The summed E-state index contributed by atoms with van der Waals surface area (Å²) in [6, 6.07) is 0.244. The van der Waals surface area contributed by atoms with Gasteiger partial charge in [-0.3, -0.25) is 4.79 Å². The highest BCUT2D eigenvalue weighted by molar-refractivity contribution is 5.32. The third kappa shape index (κ3) is 4.51. The molecule has 0 aromatic heterocycles. The first kappa shape index (κ1) is 11.9. The second-order valence-corrected chi connectivity index (χ2v) is 3.12. The minimum Gasteiger partial charge on any atom is -0.483 e. The van der Waals surface area contributed by atoms with Crippen molar-refractivity contribution in [2.24, 2.45) is 5.73 Å². The number of aliphatic hydroxyl groups is 1. The minimum atomic E-state index is -0.851. The Labute approximate surface area is 77.7 Å². The lowest BCUT2D eigenvalue weighted by atomic mass is 9.83. The van der Waals surface area contributed by atoms with E-state index in [9.17, 15) is 5.11 Å². The molecule has 1 aliphatic carbocycles. The van der Waals surface area contributed by atoms with Crippen molar-refractivity contribution in [1.29, 1.82) is 0 Å². The number of terminal acetylenes is 1. The van der Waals surface area contributed by atoms with Gasteiger partial charge in [-0.05, 0) is 25.7 Å². The van der Waals surface area contributed by atoms with Crippen LogP contribution < -0.4 is 5.73 Å². The van der Waals surface area contributed by atoms with Crippen LogP contribution in [0.15, 0.2) is 0 Å². The SMILES string of the molecule is C#CC1(O)CCC(N)CC1.O=CO. The highest BCUT2D eigenvalue weighted by Crippen LogP contribution is 2.26. The Morgan fingerprint density at radius 1 is 1.54 bits per heavy atom. The zero-order valence-corrected chi connectivity index (χ0v) is 7.44. The molecule has 0 amide bonds. The van der Waals surface area contributed by atoms with Crippen LogP contribution in [0.2, 0.25) is 0 Å². The molecule has 1 fully saturated rings. The van der Waals surface area contributed by atoms with Crippen molar-refractivity contribution in [1.82, 2.24) is 0 Å². The Morgan fingerprint density at radius 3 is 2.23 bits per heavy atom. The van der Waals surface area contributed by atoms with Crippen LogP contribution in [-0.4, -0.2) is 28.3 Å². The second kappa shape index (κ2) is 5.57. The number of nitrogens with two attached hydrogens (primary N) is 1. The van der Waals surface area contributed by atoms with Gasteiger partial charge in [0, 0.05) is 6.04 Å². The monoisotopic (exact) mass is 185 g/mol. The molecule has 0 unspecified atom stereocenters. The maximum atomic E-state index is 9.51. The van der Waals surface area contributed by atoms with E-state index in [1.54, 1.807) is 0 Å². The third-order valence-electron chi connectivity index (χ3n) is 2.13. The molecule has 0 heterocycles. The van der Waals surface area contributed by atoms with Crippen LogP contribution in [0.25, 0.3) is 0 Å². The molecule has 4 nitrogen and oxygen atoms in total. The van der Waals surface area contributed by atoms with E-state index < -0.39 is 5.60 Å². The Kier molecular flexibility index (Phi) is 5.12. The topological polar surface area (TPSA) is 83.5 Å². The van der Waals surface area contributed by atoms with Gasteiger partial charge in [0.15, 0.2) is 0 Å². The van der Waals surface area contributed by atoms with E-state index in [-0.39, 0.29) is 12.5 Å². The van der Waals surface area contributed by atoms with E-state index in [0.29, 0.717) is 12.8 Å². The molecule has 0 atom stereocenters. The fraction of sp³-hybridized carbons (Fsp3) is 0.667. The van der Waals surface area contributed by atoms with Gasteiger partial charge >= 0.3 is 0 Å². The Bertz CT molecular complexity index is 190. The van der Waals surface area contributed by atoms with Crippen molar-refractivity contribution in [2.75, 3.05) is 0 Å². The molecule has 74 valence electrons. The summed E-state index contributed by atoms with van der Waals surface area (Å²) in [5.41, 5.74) is 4.78. The smallest absolute Gasteiger partial charge is 0.290 e. The first-order valence-electron chi connectivity index (χ1n) is 4.11. The maximum Gasteiger partial charge on any atom is 0.290 e. The van der Waals surface area contributed by atoms with Crippen LogP contribution in [0, 0.1) is 12.3 Å². The largest absolute Gasteiger partial charge is 0.483 e. The van der Waals surface area contributed by atoms with Gasteiger partial charge in [0.05, 0.1) is 0 Å². The lowest BCUT2D eigenvalue weighted by Crippen LogP contribution is -2.37. The number of carbonyl (C=O) groups is 1. The summed E-state index contributed by atoms with van der Waals surface area (Å²) in [5.74, 6) is 2.40. The molecule has 1 rings (SSSR count). The van der Waals surface area contributed by atoms with E-state index in [0.717, 1.165) is 12.8 Å². The quantitative estimate of drug-likeness (QED) is 0.365. The predicted molar refractivity (Wildman–Crippen MR) is 48.9 cm³/mol. The fourth-order valence-corrected chi connectivity index (χ4v) is 1.26. The highest BCUT2D eigenvalue weighted by atomic mass is 16.3. The first-order chi connectivity index (χ1) is 6.08. The molecule has 13 heavy (non-hydrogen) atoms. The van der Waals surface area contributed by atoms with Gasteiger partial charge in [0.2, 0.25) is 0 Å². The van der Waals surface area contributed by atoms with Crippen LogP contribution in [0.5, 0.6) is 0 Å². The lowest BCUT2D eigenvalue weighted by Gasteiger charge is -2.29. The molecule has 0 aromatic rings. The van der Waals surface area contributed by atoms with E-state index >= 15 is 0 Å². The molecular formula is C9H15NO3. The summed E-state index contributed by atoms with van der Waals surface area (Å²) in [5, 5.41) is 16.4. The first-order valence-corrected chi connectivity index (χ1v) is 4.11. The van der Waals surface area contributed by atoms with Crippen molar-refractivity contribution >= 4 is 6.47 Å². The average Bonchev–Trinajstić information content (AvgIpc) is 2.12. The van der Waals surface area contributed by atoms with Crippen molar-refractivity contribution in [3.63, 3.8) is 0 Å². The molecule has 0 radical (unpaired) electrons. The fourth-order valence-electron chi connectivity index (χ4n) is 1.26. The molecule has 0 aliphatic heterocycles. The molecule has 4 heteroatoms. The van der Waals surface area contributed by atoms with E-state index in [4.69, 9.17) is 22.1 Å². The van der Waals surface area contributed by atoms with Crippen molar-refractivity contribution in [2.45, 2.75) is 37.3 Å². The minimum absolute atomic E-state index is 0.244. The number of hydrogen-bond donors (Lipinski definition) is 3. The summed E-state index contributed by atoms with van der Waals surface area (Å²) >= 11 is 0. The summed E-state index contributed by atoms with van der Waals surface area (Å²) in [4.78, 5) is 8.36. The molecular weight excluding hydrogens is 170 g/mol. The van der Waals surface area contributed by atoms with Gasteiger partial charge in [-0.15, -0.1) is 6.42 Å². The van der Waals surface area contributed by atoms with Gasteiger partial charge in [-0.25, -0.2) is 0 Å². The zero-order valence-electron chi connectivity index (χ0n) is 7.44. The predicted octanol–water partition coefficient (Wildman–Crippen LogP) is -0.0472. The molecule has 0 bridgehead atoms. The number of hydrogen-bond acceptors (Lipinski definition) is 3. The van der Waals surface area contributed by atoms with E-state index in [1.807, 2.05) is 0 Å². The molecule has 1 saturated carbocycles. The number of carboxylic acid groups (broad SMARTS) is 1. The van der Waals surface area contributed by atoms with Crippen LogP contribution >= 0.6 is 0 Å². The van der Waals surface area contributed by atoms with E-state index in [2.05, 4.69) is 5.92 Å². The average molecular weight is 185 g/mol. The molecule has 0 spiro atoms. The lowest BCUT2D eigenvalue weighted by molar-refractivity contribution is -0.122. The molecule has 0 saturated heterocycles. The van der Waals surface area contributed by atoms with Gasteiger partial charge < -0.3 is 15.9 Å². The second-order valence-electron chi connectivity index (χ2n) is 3.12. The van der Waals surface area contributed by atoms with Crippen molar-refractivity contribution in [3.05, 3.63) is 0 Å². The standard InChI is InChI=1S/C8H13NO.CH2O2/c1-2-8(10)5-3-7(9)4-6-8;2-1-3/h1,7,10H,3-6,9H2;1H,(H,2,3). The van der Waals surface area contributed by atoms with Gasteiger partial charge in [0.1, 0.15) is 5.60 Å². The van der Waals surface area contributed by atoms with E-state index in [1.165, 1.54) is 0 Å². The van der Waals surface area contributed by atoms with Gasteiger partial charge in [-0.2, -0.15) is 0 Å². The third-order valence-corrected chi connectivity index (χ3v) is 2.13. The Morgan fingerprint density at radius 2 is 1.92 bits per heavy atom. The van der Waals surface area contributed by atoms with Crippen LogP contribution in [0.3, 0.4) is 0 Å². The Hall–Kier alpha value is -1.05. The molecule has 4 N–H and O–H groups in total. The highest BCUT2D eigenvalue weighted by Gasteiger charge is 2.29. The van der Waals surface area contributed by atoms with Crippen molar-refractivity contribution < 1.29 is 15.0 Å². The van der Waals surface area contributed by atoms with Crippen LogP contribution in [0.1, 0.15) is 25.7 Å². The summed E-state index contributed by atoms with van der Waals surface area (Å²) < 4.78 is 0. The molecule has 1 aliphatic rings. The summed E-state index contributed by atoms with van der Waals surface area (Å²) in [6.07, 6.45) is 8.15. The maximum absolute atomic E-state index is 9.51. The van der Waals surface area contributed by atoms with Crippen molar-refractivity contribution in [3.8, 4) is 12.3 Å². The van der Waals surface area contributed by atoms with Gasteiger partial charge in [0.25, 0.3) is 6.47 Å². The molecule has 0 aromatic carbocycles. The summed E-state index contributed by atoms with van der Waals surface area (Å²) in [6.45, 7) is -0.250. The normalized spacial score (nSPS) is 32.2. The Balaban J connectivity index is 0.000000424. The van der Waals surface area contributed by atoms with Crippen LogP contribution in [-0.2, 0) is 4.79 Å². The zero-order chi connectivity index (χ0) is 10.3. The van der Waals surface area contributed by atoms with Crippen LogP contribution in [0.4, 0.5) is 0 Å².